The summed E-state index contributed by atoms with van der Waals surface area (Å²) in [7, 11) is 5.52. The maximum Gasteiger partial charge on any atom is 0.255 e. The van der Waals surface area contributed by atoms with Crippen molar-refractivity contribution >= 4 is 34.8 Å². The van der Waals surface area contributed by atoms with Crippen molar-refractivity contribution in [1.29, 1.82) is 0 Å². The Labute approximate surface area is 256 Å². The predicted molar refractivity (Wildman–Crippen MR) is 168 cm³/mol. The van der Waals surface area contributed by atoms with Gasteiger partial charge in [0.05, 0.1) is 46.4 Å². The number of pyridine rings is 1. The Kier molecular flexibility index (Phi) is 8.15. The highest BCUT2D eigenvalue weighted by molar-refractivity contribution is 6.32. The third-order valence-electron chi connectivity index (χ3n) is 8.44. The number of aromatic amines is 1. The first-order valence-corrected chi connectivity index (χ1v) is 15.0. The van der Waals surface area contributed by atoms with E-state index >= 15 is 0 Å². The summed E-state index contributed by atoms with van der Waals surface area (Å²) in [6, 6.07) is 7.41. The summed E-state index contributed by atoms with van der Waals surface area (Å²) < 4.78 is 5.57. The van der Waals surface area contributed by atoms with E-state index in [2.05, 4.69) is 32.4 Å². The number of nitrogens with zero attached hydrogens (tertiary/aromatic N) is 3. The fourth-order valence-electron chi connectivity index (χ4n) is 6.25. The Hall–Kier alpha value is -4.26. The van der Waals surface area contributed by atoms with Crippen LogP contribution in [0.4, 0.5) is 11.4 Å². The highest BCUT2D eigenvalue weighted by atomic mass is 35.5. The van der Waals surface area contributed by atoms with Crippen molar-refractivity contribution < 1.29 is 14.3 Å². The standard InChI is InChI=1S/C33H35ClN6O3/c1-39(2)17-5-8-28(41)40-22(18-20-10-12-27(20)40)11-9-21-19-35-15-13-23(21)30-31(29-25(37-30)14-16-36-33(29)42)38-26-7-4-6-24(34)32(26)43-3/h4-8,13,15,19-20,22,27,37-38H,10,12,14,16-18H2,1-3H3,(H,36,42)/b8-5+/t20-,22-,27-/m0/s1. The van der Waals surface area contributed by atoms with Gasteiger partial charge in [-0.25, -0.2) is 0 Å². The molecular weight excluding hydrogens is 564 g/mol. The largest absolute Gasteiger partial charge is 0.493 e. The SMILES string of the molecule is COc1c(Cl)cccc1Nc1c(-c2ccncc2C#C[C@H]2C[C@@H]3CC[C@@H]3N2C(=O)/C=C/CN(C)C)[nH]c2c1C(=O)NCC2. The molecule has 0 unspecified atom stereocenters. The smallest absolute Gasteiger partial charge is 0.255 e. The van der Waals surface area contributed by atoms with Crippen LogP contribution in [0.25, 0.3) is 11.3 Å². The number of carbonyl (C=O) groups is 2. The number of rotatable bonds is 7. The van der Waals surface area contributed by atoms with Gasteiger partial charge in [-0.05, 0) is 57.5 Å². The zero-order valence-electron chi connectivity index (χ0n) is 24.5. The van der Waals surface area contributed by atoms with Gasteiger partial charge in [-0.15, -0.1) is 0 Å². The van der Waals surface area contributed by atoms with Crippen molar-refractivity contribution in [2.45, 2.75) is 37.8 Å². The van der Waals surface area contributed by atoms with Gasteiger partial charge in [-0.1, -0.05) is 35.6 Å². The minimum atomic E-state index is -0.169. The van der Waals surface area contributed by atoms with Gasteiger partial charge in [0.2, 0.25) is 5.91 Å². The first-order chi connectivity index (χ1) is 20.9. The van der Waals surface area contributed by atoms with Crippen molar-refractivity contribution in [3.05, 3.63) is 70.7 Å². The maximum absolute atomic E-state index is 13.2. The molecule has 9 nitrogen and oxygen atoms in total. The van der Waals surface area contributed by atoms with Crippen LogP contribution in [-0.2, 0) is 11.2 Å². The number of fused-ring (bicyclic) bond motifs is 2. The number of hydrogen-bond donors (Lipinski definition) is 3. The van der Waals surface area contributed by atoms with Crippen molar-refractivity contribution in [1.82, 2.24) is 25.1 Å². The highest BCUT2D eigenvalue weighted by Gasteiger charge is 2.47. The fraction of sp³-hybridized carbons (Fsp3) is 0.364. The molecule has 1 saturated carbocycles. The average molecular weight is 599 g/mol. The highest BCUT2D eigenvalue weighted by Crippen LogP contribution is 2.44. The van der Waals surface area contributed by atoms with E-state index in [-0.39, 0.29) is 23.9 Å². The van der Waals surface area contributed by atoms with Gasteiger partial charge >= 0.3 is 0 Å². The Morgan fingerprint density at radius 1 is 1.30 bits per heavy atom. The maximum atomic E-state index is 13.2. The summed E-state index contributed by atoms with van der Waals surface area (Å²) in [6.07, 6.45) is 10.7. The molecule has 0 radical (unpaired) electrons. The number of hydrogen-bond acceptors (Lipinski definition) is 6. The Bertz CT molecular complexity index is 1650. The number of ether oxygens (including phenoxy) is 1. The molecule has 1 aliphatic carbocycles. The van der Waals surface area contributed by atoms with Crippen molar-refractivity contribution in [3.63, 3.8) is 0 Å². The van der Waals surface area contributed by atoms with Crippen LogP contribution in [0.15, 0.2) is 48.8 Å². The van der Waals surface area contributed by atoms with E-state index in [0.29, 0.717) is 58.7 Å². The van der Waals surface area contributed by atoms with Crippen molar-refractivity contribution in [2.24, 2.45) is 5.92 Å². The molecule has 43 heavy (non-hydrogen) atoms. The van der Waals surface area contributed by atoms with Gasteiger partial charge in [-0.2, -0.15) is 0 Å². The monoisotopic (exact) mass is 598 g/mol. The number of benzene rings is 1. The Morgan fingerprint density at radius 2 is 2.16 bits per heavy atom. The molecule has 1 aromatic carbocycles. The molecule has 4 heterocycles. The second-order valence-electron chi connectivity index (χ2n) is 11.4. The summed E-state index contributed by atoms with van der Waals surface area (Å²) in [6.45, 7) is 1.25. The van der Waals surface area contributed by atoms with E-state index in [1.165, 1.54) is 0 Å². The number of nitrogens with one attached hydrogen (secondary N) is 3. The van der Waals surface area contributed by atoms with Gasteiger partial charge in [-0.3, -0.25) is 14.6 Å². The average Bonchev–Trinajstić information content (AvgIpc) is 3.46. The molecule has 2 aromatic heterocycles. The molecule has 3 atom stereocenters. The van der Waals surface area contributed by atoms with Crippen LogP contribution in [0.1, 0.15) is 40.9 Å². The number of para-hydroxylation sites is 1. The molecule has 3 aliphatic rings. The second-order valence-corrected chi connectivity index (χ2v) is 11.8. The van der Waals surface area contributed by atoms with E-state index in [1.54, 1.807) is 31.6 Å². The van der Waals surface area contributed by atoms with Gasteiger partial charge in [0.25, 0.3) is 5.91 Å². The van der Waals surface area contributed by atoms with Gasteiger partial charge in [0.1, 0.15) is 0 Å². The van der Waals surface area contributed by atoms with Crippen LogP contribution in [0.5, 0.6) is 5.75 Å². The van der Waals surface area contributed by atoms with Crippen molar-refractivity contribution in [3.8, 4) is 28.8 Å². The lowest BCUT2D eigenvalue weighted by Gasteiger charge is -2.36. The number of amides is 2. The molecule has 1 saturated heterocycles. The van der Waals surface area contributed by atoms with Crippen LogP contribution in [0.3, 0.4) is 0 Å². The normalized spacial score (nSPS) is 20.6. The number of halogens is 1. The van der Waals surface area contributed by atoms with E-state index in [9.17, 15) is 9.59 Å². The summed E-state index contributed by atoms with van der Waals surface area (Å²) in [4.78, 5) is 38.2. The number of aromatic nitrogens is 2. The van der Waals surface area contributed by atoms with E-state index in [1.807, 2.05) is 48.2 Å². The lowest BCUT2D eigenvalue weighted by molar-refractivity contribution is -0.129. The number of likely N-dealkylation sites (tertiary alicyclic amines) is 1. The summed E-state index contributed by atoms with van der Waals surface area (Å²) in [5.74, 6) is 7.62. The third-order valence-corrected chi connectivity index (χ3v) is 8.74. The van der Waals surface area contributed by atoms with Crippen LogP contribution < -0.4 is 15.4 Å². The topological polar surface area (TPSA) is 103 Å². The van der Waals surface area contributed by atoms with E-state index < -0.39 is 0 Å². The van der Waals surface area contributed by atoms with Crippen LogP contribution in [0, 0.1) is 17.8 Å². The molecule has 3 aromatic rings. The number of likely N-dealkylation sites (N-methyl/N-ethyl adjacent to an activating group) is 1. The zero-order chi connectivity index (χ0) is 30.1. The van der Waals surface area contributed by atoms with E-state index in [4.69, 9.17) is 16.3 Å². The first-order valence-electron chi connectivity index (χ1n) is 14.6. The fourth-order valence-corrected chi connectivity index (χ4v) is 6.50. The number of anilines is 2. The molecular formula is C33H35ClN6O3. The second kappa shape index (κ2) is 12.2. The Morgan fingerprint density at radius 3 is 2.93 bits per heavy atom. The lowest BCUT2D eigenvalue weighted by Crippen LogP contribution is -2.44. The van der Waals surface area contributed by atoms with Crippen molar-refractivity contribution in [2.75, 3.05) is 39.6 Å². The first kappa shape index (κ1) is 28.8. The summed E-state index contributed by atoms with van der Waals surface area (Å²) >= 11 is 6.42. The van der Waals surface area contributed by atoms with Crippen LogP contribution in [0.2, 0.25) is 5.02 Å². The molecule has 2 amide bonds. The van der Waals surface area contributed by atoms with Crippen LogP contribution >= 0.6 is 11.6 Å². The number of H-pyrrole nitrogens is 1. The van der Waals surface area contributed by atoms with Gasteiger partial charge in [0.15, 0.2) is 5.75 Å². The number of methoxy groups -OCH3 is 1. The molecule has 6 rings (SSSR count). The molecule has 0 bridgehead atoms. The molecule has 2 fully saturated rings. The van der Waals surface area contributed by atoms with E-state index in [0.717, 1.165) is 36.2 Å². The minimum Gasteiger partial charge on any atom is -0.493 e. The molecule has 0 spiro atoms. The third kappa shape index (κ3) is 5.61. The lowest BCUT2D eigenvalue weighted by atomic mass is 9.80. The quantitative estimate of drug-likeness (QED) is 0.271. The predicted octanol–water partition coefficient (Wildman–Crippen LogP) is 4.62. The summed E-state index contributed by atoms with van der Waals surface area (Å²) in [5.41, 5.74) is 4.87. The van der Waals surface area contributed by atoms with Gasteiger partial charge in [0, 0.05) is 55.3 Å². The molecule has 222 valence electrons. The van der Waals surface area contributed by atoms with Crippen LogP contribution in [-0.4, -0.2) is 78.0 Å². The molecule has 2 aliphatic heterocycles. The summed E-state index contributed by atoms with van der Waals surface area (Å²) in [5, 5.41) is 6.84. The molecule has 10 heteroatoms. The zero-order valence-corrected chi connectivity index (χ0v) is 25.3. The Balaban J connectivity index is 1.38. The minimum absolute atomic E-state index is 0.0183. The number of carbonyl (C=O) groups excluding carboxylic acids is 2. The van der Waals surface area contributed by atoms with Gasteiger partial charge < -0.3 is 30.2 Å². The molecule has 3 N–H and O–H groups in total.